The molecule has 1 N–H and O–H groups in total. The summed E-state index contributed by atoms with van der Waals surface area (Å²) in [7, 11) is 1.31. The summed E-state index contributed by atoms with van der Waals surface area (Å²) in [5, 5.41) is 2.82. The summed E-state index contributed by atoms with van der Waals surface area (Å²) in [5.74, 6) is -0.164. The van der Waals surface area contributed by atoms with Crippen LogP contribution in [0.2, 0.25) is 0 Å². The van der Waals surface area contributed by atoms with Crippen LogP contribution in [0.15, 0.2) is 48.5 Å². The van der Waals surface area contributed by atoms with Gasteiger partial charge < -0.3 is 14.8 Å². The van der Waals surface area contributed by atoms with Crippen molar-refractivity contribution in [1.82, 2.24) is 0 Å². The number of benzene rings is 2. The van der Waals surface area contributed by atoms with Gasteiger partial charge in [0.25, 0.3) is 5.91 Å². The van der Waals surface area contributed by atoms with Gasteiger partial charge in [0.1, 0.15) is 5.75 Å². The van der Waals surface area contributed by atoms with Crippen molar-refractivity contribution in [3.8, 4) is 5.75 Å². The fourth-order valence-electron chi connectivity index (χ4n) is 1.94. The predicted octanol–water partition coefficient (Wildman–Crippen LogP) is 3.19. The standard InChI is InChI=1S/C18H19NO4/c1-12-4-8-15(9-5-12)19-17(20)14-6-10-16(11-7-14)23-13(2)18(21)22-3/h4-11,13H,1-3H3,(H,19,20)/t13-/m0/s1. The van der Waals surface area contributed by atoms with Gasteiger partial charge in [-0.15, -0.1) is 0 Å². The highest BCUT2D eigenvalue weighted by atomic mass is 16.6. The normalized spacial score (nSPS) is 11.4. The minimum atomic E-state index is -0.702. The van der Waals surface area contributed by atoms with Crippen LogP contribution in [-0.4, -0.2) is 25.1 Å². The number of methoxy groups -OCH3 is 1. The maximum Gasteiger partial charge on any atom is 0.346 e. The van der Waals surface area contributed by atoms with Gasteiger partial charge in [-0.25, -0.2) is 4.79 Å². The van der Waals surface area contributed by atoms with E-state index >= 15 is 0 Å². The lowest BCUT2D eigenvalue weighted by atomic mass is 10.2. The number of hydrogen-bond acceptors (Lipinski definition) is 4. The number of anilines is 1. The summed E-state index contributed by atoms with van der Waals surface area (Å²) in [6.45, 7) is 3.59. The fourth-order valence-corrected chi connectivity index (χ4v) is 1.94. The molecule has 0 unspecified atom stereocenters. The molecule has 0 heterocycles. The number of esters is 1. The first-order valence-electron chi connectivity index (χ1n) is 7.22. The topological polar surface area (TPSA) is 64.6 Å². The lowest BCUT2D eigenvalue weighted by molar-refractivity contribution is -0.147. The van der Waals surface area contributed by atoms with Gasteiger partial charge in [0.2, 0.25) is 0 Å². The van der Waals surface area contributed by atoms with Crippen LogP contribution in [0.25, 0.3) is 0 Å². The molecule has 0 saturated carbocycles. The minimum absolute atomic E-state index is 0.207. The van der Waals surface area contributed by atoms with E-state index in [4.69, 9.17) is 4.74 Å². The third-order valence-electron chi connectivity index (χ3n) is 3.27. The highest BCUT2D eigenvalue weighted by Gasteiger charge is 2.15. The number of aryl methyl sites for hydroxylation is 1. The van der Waals surface area contributed by atoms with Gasteiger partial charge in [0.05, 0.1) is 7.11 Å². The van der Waals surface area contributed by atoms with Crippen molar-refractivity contribution >= 4 is 17.6 Å². The van der Waals surface area contributed by atoms with E-state index in [9.17, 15) is 9.59 Å². The van der Waals surface area contributed by atoms with Crippen molar-refractivity contribution in [2.75, 3.05) is 12.4 Å². The zero-order valence-corrected chi connectivity index (χ0v) is 13.3. The molecule has 1 amide bonds. The van der Waals surface area contributed by atoms with Crippen LogP contribution in [0.3, 0.4) is 0 Å². The maximum atomic E-state index is 12.2. The third-order valence-corrected chi connectivity index (χ3v) is 3.27. The molecule has 0 aliphatic heterocycles. The largest absolute Gasteiger partial charge is 0.479 e. The van der Waals surface area contributed by atoms with Gasteiger partial charge in [0.15, 0.2) is 6.10 Å². The lowest BCUT2D eigenvalue weighted by Gasteiger charge is -2.12. The summed E-state index contributed by atoms with van der Waals surface area (Å²) < 4.78 is 10.0. The summed E-state index contributed by atoms with van der Waals surface area (Å²) in [6.07, 6.45) is -0.702. The van der Waals surface area contributed by atoms with Gasteiger partial charge in [-0.3, -0.25) is 4.79 Å². The molecular formula is C18H19NO4. The number of rotatable bonds is 5. The van der Waals surface area contributed by atoms with E-state index in [-0.39, 0.29) is 5.91 Å². The zero-order valence-electron chi connectivity index (χ0n) is 13.3. The van der Waals surface area contributed by atoms with Crippen molar-refractivity contribution in [3.63, 3.8) is 0 Å². The van der Waals surface area contributed by atoms with Crippen LogP contribution in [0.1, 0.15) is 22.8 Å². The van der Waals surface area contributed by atoms with Crippen molar-refractivity contribution in [2.45, 2.75) is 20.0 Å². The van der Waals surface area contributed by atoms with Crippen LogP contribution in [0.5, 0.6) is 5.75 Å². The number of amides is 1. The predicted molar refractivity (Wildman–Crippen MR) is 87.7 cm³/mol. The average Bonchev–Trinajstić information content (AvgIpc) is 2.56. The second-order valence-electron chi connectivity index (χ2n) is 5.13. The van der Waals surface area contributed by atoms with Crippen molar-refractivity contribution < 1.29 is 19.1 Å². The number of hydrogen-bond donors (Lipinski definition) is 1. The van der Waals surface area contributed by atoms with E-state index in [2.05, 4.69) is 10.1 Å². The average molecular weight is 313 g/mol. The Morgan fingerprint density at radius 2 is 1.61 bits per heavy atom. The van der Waals surface area contributed by atoms with Gasteiger partial charge in [-0.2, -0.15) is 0 Å². The van der Waals surface area contributed by atoms with Crippen LogP contribution in [-0.2, 0) is 9.53 Å². The molecule has 0 saturated heterocycles. The molecule has 2 aromatic rings. The SMILES string of the molecule is COC(=O)[C@H](C)Oc1ccc(C(=O)Nc2ccc(C)cc2)cc1. The Morgan fingerprint density at radius 3 is 2.17 bits per heavy atom. The Balaban J connectivity index is 1.99. The molecule has 0 aliphatic rings. The van der Waals surface area contributed by atoms with Crippen molar-refractivity contribution in [2.24, 2.45) is 0 Å². The van der Waals surface area contributed by atoms with Crippen LogP contribution in [0.4, 0.5) is 5.69 Å². The molecule has 0 radical (unpaired) electrons. The van der Waals surface area contributed by atoms with E-state index in [1.165, 1.54) is 7.11 Å². The van der Waals surface area contributed by atoms with Gasteiger partial charge >= 0.3 is 5.97 Å². The van der Waals surface area contributed by atoms with Crippen LogP contribution >= 0.6 is 0 Å². The highest BCUT2D eigenvalue weighted by molar-refractivity contribution is 6.04. The second-order valence-corrected chi connectivity index (χ2v) is 5.13. The highest BCUT2D eigenvalue weighted by Crippen LogP contribution is 2.16. The molecule has 120 valence electrons. The monoisotopic (exact) mass is 313 g/mol. The molecule has 5 heteroatoms. The molecular weight excluding hydrogens is 294 g/mol. The van der Waals surface area contributed by atoms with E-state index in [0.717, 1.165) is 11.3 Å². The number of carbonyl (C=O) groups is 2. The second kappa shape index (κ2) is 7.45. The first kappa shape index (κ1) is 16.5. The summed E-state index contributed by atoms with van der Waals surface area (Å²) in [4.78, 5) is 23.5. The molecule has 0 fully saturated rings. The Bertz CT molecular complexity index is 677. The van der Waals surface area contributed by atoms with E-state index in [1.807, 2.05) is 31.2 Å². The number of carbonyl (C=O) groups excluding carboxylic acids is 2. The van der Waals surface area contributed by atoms with E-state index in [0.29, 0.717) is 11.3 Å². The first-order valence-corrected chi connectivity index (χ1v) is 7.22. The minimum Gasteiger partial charge on any atom is -0.479 e. The van der Waals surface area contributed by atoms with Crippen molar-refractivity contribution in [3.05, 3.63) is 59.7 Å². The molecule has 1 atom stereocenters. The first-order chi connectivity index (χ1) is 11.0. The van der Waals surface area contributed by atoms with E-state index in [1.54, 1.807) is 31.2 Å². The summed E-state index contributed by atoms with van der Waals surface area (Å²) in [6, 6.07) is 14.1. The molecule has 0 aromatic heterocycles. The molecule has 2 rings (SSSR count). The van der Waals surface area contributed by atoms with E-state index < -0.39 is 12.1 Å². The summed E-state index contributed by atoms with van der Waals surface area (Å²) in [5.41, 5.74) is 2.37. The number of nitrogens with one attached hydrogen (secondary N) is 1. The van der Waals surface area contributed by atoms with Gasteiger partial charge in [-0.1, -0.05) is 17.7 Å². The molecule has 0 spiro atoms. The lowest BCUT2D eigenvalue weighted by Crippen LogP contribution is -2.24. The Labute approximate surface area is 135 Å². The summed E-state index contributed by atoms with van der Waals surface area (Å²) >= 11 is 0. The molecule has 0 bridgehead atoms. The van der Waals surface area contributed by atoms with Gasteiger partial charge in [0, 0.05) is 11.3 Å². The number of ether oxygens (including phenoxy) is 2. The zero-order chi connectivity index (χ0) is 16.8. The van der Waals surface area contributed by atoms with Crippen LogP contribution in [0, 0.1) is 6.92 Å². The Kier molecular flexibility index (Phi) is 5.36. The van der Waals surface area contributed by atoms with Crippen molar-refractivity contribution in [1.29, 1.82) is 0 Å². The Morgan fingerprint density at radius 1 is 1.00 bits per heavy atom. The van der Waals surface area contributed by atoms with Crippen LogP contribution < -0.4 is 10.1 Å². The molecule has 0 aliphatic carbocycles. The quantitative estimate of drug-likeness (QED) is 0.861. The maximum absolute atomic E-state index is 12.2. The molecule has 2 aromatic carbocycles. The van der Waals surface area contributed by atoms with Gasteiger partial charge in [-0.05, 0) is 50.2 Å². The molecule has 5 nitrogen and oxygen atoms in total. The Hall–Kier alpha value is -2.82. The smallest absolute Gasteiger partial charge is 0.346 e. The third kappa shape index (κ3) is 4.57. The molecule has 23 heavy (non-hydrogen) atoms. The fraction of sp³-hybridized carbons (Fsp3) is 0.222.